The molecule has 4 rings (SSSR count). The lowest BCUT2D eigenvalue weighted by molar-refractivity contribution is -0.122. The van der Waals surface area contributed by atoms with Crippen molar-refractivity contribution in [1.82, 2.24) is 20.4 Å². The average Bonchev–Trinajstić information content (AvgIpc) is 3.40. The first-order valence-electron chi connectivity index (χ1n) is 10.0. The summed E-state index contributed by atoms with van der Waals surface area (Å²) >= 11 is 13.6. The first kappa shape index (κ1) is 21.2. The third kappa shape index (κ3) is 4.48. The van der Waals surface area contributed by atoms with Gasteiger partial charge < -0.3 is 10.6 Å². The number of aromatic nitrogens is 2. The largest absolute Gasteiger partial charge is 0.356 e. The van der Waals surface area contributed by atoms with Crippen LogP contribution in [0.15, 0.2) is 24.3 Å². The van der Waals surface area contributed by atoms with Gasteiger partial charge in [-0.25, -0.2) is 4.68 Å². The Balaban J connectivity index is 1.45. The molecule has 0 radical (unpaired) electrons. The Morgan fingerprint density at radius 3 is 2.63 bits per heavy atom. The second-order valence-electron chi connectivity index (χ2n) is 7.31. The van der Waals surface area contributed by atoms with Crippen molar-refractivity contribution in [1.29, 1.82) is 0 Å². The van der Waals surface area contributed by atoms with E-state index in [1.54, 1.807) is 12.1 Å². The third-order valence-corrected chi connectivity index (χ3v) is 6.88. The summed E-state index contributed by atoms with van der Waals surface area (Å²) in [5.41, 5.74) is 1.73. The molecule has 3 aromatic rings. The highest BCUT2D eigenvalue weighted by molar-refractivity contribution is 7.20. The second-order valence-corrected chi connectivity index (χ2v) is 9.16. The van der Waals surface area contributed by atoms with Gasteiger partial charge in [0.15, 0.2) is 0 Å². The van der Waals surface area contributed by atoms with Crippen LogP contribution in [0.2, 0.25) is 10.0 Å². The molecule has 0 spiro atoms. The number of benzene rings is 1. The van der Waals surface area contributed by atoms with Gasteiger partial charge in [0, 0.05) is 24.4 Å². The molecule has 2 amide bonds. The lowest BCUT2D eigenvalue weighted by Gasteiger charge is -2.06. The number of rotatable bonds is 8. The van der Waals surface area contributed by atoms with Gasteiger partial charge in [0.25, 0.3) is 5.91 Å². The van der Waals surface area contributed by atoms with Crippen molar-refractivity contribution in [3.8, 4) is 5.69 Å². The smallest absolute Gasteiger partial charge is 0.261 e. The highest BCUT2D eigenvalue weighted by atomic mass is 35.5. The van der Waals surface area contributed by atoms with Gasteiger partial charge in [0.05, 0.1) is 26.3 Å². The SMILES string of the molecule is CCc1nn(-c2ccc(Cl)c(Cl)c2)c2sc(C(=O)NCCCNC(=O)C3CC3)cc12. The summed E-state index contributed by atoms with van der Waals surface area (Å²) in [5.74, 6) is 0.221. The van der Waals surface area contributed by atoms with Crippen LogP contribution in [0.3, 0.4) is 0 Å². The molecule has 6 nitrogen and oxygen atoms in total. The van der Waals surface area contributed by atoms with E-state index in [-0.39, 0.29) is 17.7 Å². The van der Waals surface area contributed by atoms with Crippen molar-refractivity contribution < 1.29 is 9.59 Å². The van der Waals surface area contributed by atoms with Gasteiger partial charge in [0.1, 0.15) is 4.83 Å². The predicted molar refractivity (Wildman–Crippen MR) is 121 cm³/mol. The Bertz CT molecular complexity index is 1100. The molecule has 1 saturated carbocycles. The fourth-order valence-corrected chi connectivity index (χ4v) is 4.57. The minimum Gasteiger partial charge on any atom is -0.356 e. The van der Waals surface area contributed by atoms with E-state index in [4.69, 9.17) is 23.2 Å². The molecular formula is C21H22Cl2N4O2S. The number of thiophene rings is 1. The van der Waals surface area contributed by atoms with Crippen molar-refractivity contribution >= 4 is 56.6 Å². The number of halogens is 2. The molecule has 0 bridgehead atoms. The molecule has 1 aliphatic carbocycles. The molecule has 30 heavy (non-hydrogen) atoms. The van der Waals surface area contributed by atoms with E-state index < -0.39 is 0 Å². The summed E-state index contributed by atoms with van der Waals surface area (Å²) in [6.07, 6.45) is 3.44. The quantitative estimate of drug-likeness (QED) is 0.478. The van der Waals surface area contributed by atoms with E-state index in [0.29, 0.717) is 34.4 Å². The van der Waals surface area contributed by atoms with Gasteiger partial charge >= 0.3 is 0 Å². The molecule has 0 unspecified atom stereocenters. The van der Waals surface area contributed by atoms with Gasteiger partial charge in [-0.05, 0) is 49.9 Å². The number of hydrogen-bond acceptors (Lipinski definition) is 4. The van der Waals surface area contributed by atoms with Gasteiger partial charge in [-0.3, -0.25) is 9.59 Å². The van der Waals surface area contributed by atoms with E-state index in [9.17, 15) is 9.59 Å². The molecule has 2 N–H and O–H groups in total. The maximum atomic E-state index is 12.6. The number of nitrogens with one attached hydrogen (secondary N) is 2. The Morgan fingerprint density at radius 1 is 1.17 bits per heavy atom. The summed E-state index contributed by atoms with van der Waals surface area (Å²) < 4.78 is 1.81. The number of hydrogen-bond donors (Lipinski definition) is 2. The van der Waals surface area contributed by atoms with Crippen LogP contribution in [0.4, 0.5) is 0 Å². The zero-order valence-corrected chi connectivity index (χ0v) is 18.8. The molecular weight excluding hydrogens is 443 g/mol. The second kappa shape index (κ2) is 8.96. The van der Waals surface area contributed by atoms with Crippen LogP contribution in [0.1, 0.15) is 41.6 Å². The zero-order valence-electron chi connectivity index (χ0n) is 16.5. The average molecular weight is 465 g/mol. The highest BCUT2D eigenvalue weighted by Gasteiger charge is 2.29. The monoisotopic (exact) mass is 464 g/mol. The number of aryl methyl sites for hydroxylation is 1. The standard InChI is InChI=1S/C21H22Cl2N4O2S/c1-2-17-14-11-18(20(29)25-9-3-8-24-19(28)12-4-5-12)30-21(14)27(26-17)13-6-7-15(22)16(23)10-13/h6-7,10-12H,2-5,8-9H2,1H3,(H,24,28)(H,25,29). The van der Waals surface area contributed by atoms with Crippen molar-refractivity contribution in [2.45, 2.75) is 32.6 Å². The Morgan fingerprint density at radius 2 is 1.93 bits per heavy atom. The number of amides is 2. The van der Waals surface area contributed by atoms with Gasteiger partial charge in [-0.1, -0.05) is 30.1 Å². The molecule has 1 aliphatic rings. The van der Waals surface area contributed by atoms with E-state index in [0.717, 1.165) is 40.9 Å². The van der Waals surface area contributed by atoms with Crippen LogP contribution in [-0.4, -0.2) is 34.7 Å². The lowest BCUT2D eigenvalue weighted by atomic mass is 10.2. The highest BCUT2D eigenvalue weighted by Crippen LogP contribution is 2.33. The number of fused-ring (bicyclic) bond motifs is 1. The maximum Gasteiger partial charge on any atom is 0.261 e. The van der Waals surface area contributed by atoms with Crippen LogP contribution >= 0.6 is 34.5 Å². The molecule has 0 aliphatic heterocycles. The van der Waals surface area contributed by atoms with Crippen LogP contribution in [0.25, 0.3) is 15.9 Å². The number of carbonyl (C=O) groups is 2. The number of carbonyl (C=O) groups excluding carboxylic acids is 2. The fraction of sp³-hybridized carbons (Fsp3) is 0.381. The van der Waals surface area contributed by atoms with E-state index >= 15 is 0 Å². The van der Waals surface area contributed by atoms with Crippen LogP contribution in [0, 0.1) is 5.92 Å². The Hall–Kier alpha value is -2.09. The first-order chi connectivity index (χ1) is 14.5. The topological polar surface area (TPSA) is 76.0 Å². The summed E-state index contributed by atoms with van der Waals surface area (Å²) in [7, 11) is 0. The van der Waals surface area contributed by atoms with Crippen molar-refractivity contribution in [2.75, 3.05) is 13.1 Å². The molecule has 9 heteroatoms. The lowest BCUT2D eigenvalue weighted by Crippen LogP contribution is -2.30. The van der Waals surface area contributed by atoms with Crippen molar-refractivity contribution in [3.05, 3.63) is 44.9 Å². The molecule has 2 aromatic heterocycles. The maximum absolute atomic E-state index is 12.6. The summed E-state index contributed by atoms with van der Waals surface area (Å²) in [5, 5.41) is 12.4. The molecule has 0 atom stereocenters. The van der Waals surface area contributed by atoms with E-state index in [1.165, 1.54) is 11.3 Å². The van der Waals surface area contributed by atoms with E-state index in [1.807, 2.05) is 23.7 Å². The first-order valence-corrected chi connectivity index (χ1v) is 11.6. The summed E-state index contributed by atoms with van der Waals surface area (Å²) in [6.45, 7) is 3.13. The van der Waals surface area contributed by atoms with E-state index in [2.05, 4.69) is 15.7 Å². The van der Waals surface area contributed by atoms with Crippen LogP contribution in [-0.2, 0) is 11.2 Å². The molecule has 1 fully saturated rings. The Kier molecular flexibility index (Phi) is 6.32. The minimum atomic E-state index is -0.118. The summed E-state index contributed by atoms with van der Waals surface area (Å²) in [6, 6.07) is 7.26. The van der Waals surface area contributed by atoms with Crippen LogP contribution < -0.4 is 10.6 Å². The fourth-order valence-electron chi connectivity index (χ4n) is 3.21. The third-order valence-electron chi connectivity index (χ3n) is 5.03. The Labute approximate surface area is 188 Å². The van der Waals surface area contributed by atoms with Crippen LogP contribution in [0.5, 0.6) is 0 Å². The van der Waals surface area contributed by atoms with Gasteiger partial charge in [0.2, 0.25) is 5.91 Å². The summed E-state index contributed by atoms with van der Waals surface area (Å²) in [4.78, 5) is 25.8. The normalized spacial score (nSPS) is 13.6. The zero-order chi connectivity index (χ0) is 21.3. The minimum absolute atomic E-state index is 0.118. The van der Waals surface area contributed by atoms with Crippen molar-refractivity contribution in [2.24, 2.45) is 5.92 Å². The van der Waals surface area contributed by atoms with Crippen molar-refractivity contribution in [3.63, 3.8) is 0 Å². The molecule has 0 saturated heterocycles. The molecule has 1 aromatic carbocycles. The van der Waals surface area contributed by atoms with Gasteiger partial charge in [-0.15, -0.1) is 11.3 Å². The molecule has 2 heterocycles. The molecule has 158 valence electrons. The predicted octanol–water partition coefficient (Wildman–Crippen LogP) is 4.60. The van der Waals surface area contributed by atoms with Gasteiger partial charge in [-0.2, -0.15) is 5.10 Å². The number of nitrogens with zero attached hydrogens (tertiary/aromatic N) is 2.